The molecule has 3 atom stereocenters. The molecule has 0 fully saturated rings. The van der Waals surface area contributed by atoms with Gasteiger partial charge in [-0.2, -0.15) is 0 Å². The fourth-order valence-corrected chi connectivity index (χ4v) is 3.99. The van der Waals surface area contributed by atoms with Gasteiger partial charge in [0, 0.05) is 10.9 Å². The molecule has 1 amide bonds. The lowest BCUT2D eigenvalue weighted by atomic mass is 9.85. The van der Waals surface area contributed by atoms with Gasteiger partial charge in [-0.25, -0.2) is 4.98 Å². The Morgan fingerprint density at radius 3 is 2.78 bits per heavy atom. The van der Waals surface area contributed by atoms with E-state index >= 15 is 0 Å². The second-order valence-corrected chi connectivity index (χ2v) is 7.46. The zero-order valence-corrected chi connectivity index (χ0v) is 14.4. The molecule has 2 aromatic rings. The molecule has 122 valence electrons. The van der Waals surface area contributed by atoms with Crippen molar-refractivity contribution in [2.75, 3.05) is 5.32 Å². The van der Waals surface area contributed by atoms with Gasteiger partial charge in [-0.3, -0.25) is 4.79 Å². The summed E-state index contributed by atoms with van der Waals surface area (Å²) in [5, 5.41) is 3.63. The maximum Gasteiger partial charge on any atom is 0.230 e. The number of rotatable bonds is 4. The van der Waals surface area contributed by atoms with Crippen molar-refractivity contribution in [3.05, 3.63) is 46.5 Å². The smallest absolute Gasteiger partial charge is 0.230 e. The third-order valence-electron chi connectivity index (χ3n) is 4.64. The van der Waals surface area contributed by atoms with Gasteiger partial charge >= 0.3 is 0 Å². The number of carbonyl (C=O) groups is 1. The van der Waals surface area contributed by atoms with Crippen LogP contribution in [0.2, 0.25) is 0 Å². The van der Waals surface area contributed by atoms with Gasteiger partial charge in [-0.1, -0.05) is 37.3 Å². The number of benzene rings is 1. The average Bonchev–Trinajstić information content (AvgIpc) is 2.95. The van der Waals surface area contributed by atoms with Crippen LogP contribution in [-0.2, 0) is 17.6 Å². The lowest BCUT2D eigenvalue weighted by molar-refractivity contribution is -0.119. The van der Waals surface area contributed by atoms with E-state index in [2.05, 4.69) is 40.6 Å². The summed E-state index contributed by atoms with van der Waals surface area (Å²) >= 11 is 1.61. The minimum absolute atomic E-state index is 0.0503. The summed E-state index contributed by atoms with van der Waals surface area (Å²) in [5.74, 6) is 0.286. The van der Waals surface area contributed by atoms with Gasteiger partial charge in [0.15, 0.2) is 5.13 Å². The first-order valence-electron chi connectivity index (χ1n) is 8.14. The molecule has 1 aromatic carbocycles. The Morgan fingerprint density at radius 2 is 2.09 bits per heavy atom. The van der Waals surface area contributed by atoms with Crippen LogP contribution in [0.15, 0.2) is 30.3 Å². The lowest BCUT2D eigenvalue weighted by Crippen LogP contribution is -2.34. The zero-order valence-electron chi connectivity index (χ0n) is 13.6. The number of hydrogen-bond acceptors (Lipinski definition) is 4. The van der Waals surface area contributed by atoms with Crippen molar-refractivity contribution < 1.29 is 4.79 Å². The molecule has 3 rings (SSSR count). The predicted octanol–water partition coefficient (Wildman–Crippen LogP) is 3.34. The van der Waals surface area contributed by atoms with E-state index in [1.54, 1.807) is 11.3 Å². The zero-order chi connectivity index (χ0) is 16.4. The number of nitrogens with two attached hydrogens (primary N) is 1. The molecule has 4 nitrogen and oxygen atoms in total. The topological polar surface area (TPSA) is 68.0 Å². The quantitative estimate of drug-likeness (QED) is 0.904. The van der Waals surface area contributed by atoms with Gasteiger partial charge in [-0.05, 0) is 37.7 Å². The molecule has 0 aliphatic heterocycles. The van der Waals surface area contributed by atoms with Gasteiger partial charge < -0.3 is 11.1 Å². The summed E-state index contributed by atoms with van der Waals surface area (Å²) in [4.78, 5) is 18.0. The first-order valence-corrected chi connectivity index (χ1v) is 8.96. The number of aryl methyl sites for hydroxylation is 1. The Bertz CT molecular complexity index is 681. The minimum atomic E-state index is -0.215. The highest BCUT2D eigenvalue weighted by Gasteiger charge is 2.25. The summed E-state index contributed by atoms with van der Waals surface area (Å²) < 4.78 is 0. The van der Waals surface area contributed by atoms with Crippen molar-refractivity contribution in [3.63, 3.8) is 0 Å². The van der Waals surface area contributed by atoms with Crippen LogP contribution in [0.5, 0.6) is 0 Å². The molecule has 1 aliphatic carbocycles. The fraction of sp³-hybridized carbons (Fsp3) is 0.444. The molecule has 23 heavy (non-hydrogen) atoms. The van der Waals surface area contributed by atoms with Crippen LogP contribution in [0.3, 0.4) is 0 Å². The summed E-state index contributed by atoms with van der Waals surface area (Å²) in [5.41, 5.74) is 8.33. The average molecular weight is 329 g/mol. The van der Waals surface area contributed by atoms with E-state index in [0.717, 1.165) is 25.0 Å². The van der Waals surface area contributed by atoms with E-state index in [9.17, 15) is 4.79 Å². The van der Waals surface area contributed by atoms with Crippen molar-refractivity contribution in [2.45, 2.75) is 45.1 Å². The van der Waals surface area contributed by atoms with Gasteiger partial charge in [-0.15, -0.1) is 11.3 Å². The van der Waals surface area contributed by atoms with Gasteiger partial charge in [0.1, 0.15) is 0 Å². The number of nitrogens with one attached hydrogen (secondary N) is 1. The number of carbonyl (C=O) groups excluding carboxylic acids is 1. The highest BCUT2D eigenvalue weighted by atomic mass is 32.1. The number of fused-ring (bicyclic) bond motifs is 1. The molecule has 3 N–H and O–H groups in total. The summed E-state index contributed by atoms with van der Waals surface area (Å²) in [6, 6.07) is 10.5. The molecule has 3 unspecified atom stereocenters. The van der Waals surface area contributed by atoms with E-state index in [4.69, 9.17) is 5.73 Å². The largest absolute Gasteiger partial charge is 0.327 e. The van der Waals surface area contributed by atoms with Crippen LogP contribution in [0, 0.1) is 5.92 Å². The molecule has 1 aromatic heterocycles. The van der Waals surface area contributed by atoms with Crippen molar-refractivity contribution in [3.8, 4) is 0 Å². The summed E-state index contributed by atoms with van der Waals surface area (Å²) in [6.45, 7) is 3.69. The van der Waals surface area contributed by atoms with Crippen molar-refractivity contribution in [1.29, 1.82) is 0 Å². The first kappa shape index (κ1) is 16.1. The van der Waals surface area contributed by atoms with Gasteiger partial charge in [0.05, 0.1) is 11.6 Å². The molecule has 1 aliphatic rings. The fourth-order valence-electron chi connectivity index (χ4n) is 2.90. The molecular formula is C18H23N3OS. The SMILES string of the molecule is CC(N)C(C)C(=O)Nc1nc2c(s1)CC(c1ccccc1)CC2. The third kappa shape index (κ3) is 3.62. The second kappa shape index (κ2) is 6.81. The molecule has 0 saturated heterocycles. The molecule has 5 heteroatoms. The maximum atomic E-state index is 12.1. The number of anilines is 1. The Hall–Kier alpha value is -1.72. The number of amides is 1. The molecule has 0 bridgehead atoms. The van der Waals surface area contributed by atoms with Gasteiger partial charge in [0.25, 0.3) is 0 Å². The van der Waals surface area contributed by atoms with E-state index in [-0.39, 0.29) is 17.9 Å². The third-order valence-corrected chi connectivity index (χ3v) is 5.68. The maximum absolute atomic E-state index is 12.1. The van der Waals surface area contributed by atoms with E-state index in [1.807, 2.05) is 13.8 Å². The highest BCUT2D eigenvalue weighted by Crippen LogP contribution is 2.36. The molecule has 0 radical (unpaired) electrons. The van der Waals surface area contributed by atoms with E-state index < -0.39 is 0 Å². The van der Waals surface area contributed by atoms with Crippen LogP contribution in [0.4, 0.5) is 5.13 Å². The second-order valence-electron chi connectivity index (χ2n) is 6.38. The molecular weight excluding hydrogens is 306 g/mol. The Balaban J connectivity index is 1.71. The molecule has 1 heterocycles. The lowest BCUT2D eigenvalue weighted by Gasteiger charge is -2.21. The van der Waals surface area contributed by atoms with Crippen LogP contribution in [0.1, 0.15) is 42.3 Å². The summed E-state index contributed by atoms with van der Waals surface area (Å²) in [6.07, 6.45) is 3.10. The van der Waals surface area contributed by atoms with Crippen LogP contribution < -0.4 is 11.1 Å². The molecule has 0 saturated carbocycles. The number of aromatic nitrogens is 1. The first-order chi connectivity index (χ1) is 11.0. The van der Waals surface area contributed by atoms with E-state index in [0.29, 0.717) is 11.0 Å². The highest BCUT2D eigenvalue weighted by molar-refractivity contribution is 7.15. The predicted molar refractivity (Wildman–Crippen MR) is 94.8 cm³/mol. The number of hydrogen-bond donors (Lipinski definition) is 2. The van der Waals surface area contributed by atoms with Crippen molar-refractivity contribution in [1.82, 2.24) is 4.98 Å². The monoisotopic (exact) mass is 329 g/mol. The normalized spacial score (nSPS) is 19.7. The minimum Gasteiger partial charge on any atom is -0.327 e. The number of nitrogens with zero attached hydrogens (tertiary/aromatic N) is 1. The van der Waals surface area contributed by atoms with Crippen molar-refractivity contribution >= 4 is 22.4 Å². The van der Waals surface area contributed by atoms with Crippen LogP contribution in [-0.4, -0.2) is 16.9 Å². The Kier molecular flexibility index (Phi) is 4.78. The van der Waals surface area contributed by atoms with E-state index in [1.165, 1.54) is 10.4 Å². The van der Waals surface area contributed by atoms with Crippen LogP contribution in [0.25, 0.3) is 0 Å². The Labute approximate surface area is 141 Å². The van der Waals surface area contributed by atoms with Gasteiger partial charge in [0.2, 0.25) is 5.91 Å². The van der Waals surface area contributed by atoms with Crippen LogP contribution >= 0.6 is 11.3 Å². The standard InChI is InChI=1S/C18H23N3OS/c1-11(12(2)19)17(22)21-18-20-15-9-8-14(10-16(15)23-18)13-6-4-3-5-7-13/h3-7,11-12,14H,8-10,19H2,1-2H3,(H,20,21,22). The number of thiazole rings is 1. The molecule has 0 spiro atoms. The Morgan fingerprint density at radius 1 is 1.35 bits per heavy atom. The summed E-state index contributed by atoms with van der Waals surface area (Å²) in [7, 11) is 0. The van der Waals surface area contributed by atoms with Crippen molar-refractivity contribution in [2.24, 2.45) is 11.7 Å².